The van der Waals surface area contributed by atoms with Gasteiger partial charge in [-0.2, -0.15) is 11.3 Å². The molecule has 0 aliphatic carbocycles. The number of hydrogen-bond acceptors (Lipinski definition) is 3. The van der Waals surface area contributed by atoms with E-state index in [1.165, 1.54) is 0 Å². The number of thiophene rings is 1. The van der Waals surface area contributed by atoms with E-state index in [0.29, 0.717) is 0 Å². The van der Waals surface area contributed by atoms with Crippen molar-refractivity contribution in [3.05, 3.63) is 55.1 Å². The Labute approximate surface area is 118 Å². The lowest BCUT2D eigenvalue weighted by Crippen LogP contribution is -2.29. The Morgan fingerprint density at radius 3 is 2.71 bits per heavy atom. The minimum Gasteiger partial charge on any atom is -0.271 e. The van der Waals surface area contributed by atoms with E-state index in [2.05, 4.69) is 26.7 Å². The molecule has 1 aromatic heterocycles. The molecular weight excluding hydrogens is 320 g/mol. The number of halogens is 2. The highest BCUT2D eigenvalue weighted by atomic mass is 79.9. The normalized spacial score (nSPS) is 12.7. The number of nitrogens with two attached hydrogens (primary N) is 1. The smallest absolute Gasteiger partial charge is 0.0732 e. The van der Waals surface area contributed by atoms with Crippen molar-refractivity contribution in [3.63, 3.8) is 0 Å². The summed E-state index contributed by atoms with van der Waals surface area (Å²) in [5, 5.41) is 4.88. The van der Waals surface area contributed by atoms with E-state index in [1.807, 2.05) is 30.5 Å². The van der Waals surface area contributed by atoms with E-state index in [0.717, 1.165) is 26.2 Å². The van der Waals surface area contributed by atoms with Gasteiger partial charge in [0.25, 0.3) is 0 Å². The summed E-state index contributed by atoms with van der Waals surface area (Å²) in [6.45, 7) is 2.00. The predicted octanol–water partition coefficient (Wildman–Crippen LogP) is 4.03. The molecule has 0 spiro atoms. The van der Waals surface area contributed by atoms with E-state index < -0.39 is 0 Å². The van der Waals surface area contributed by atoms with Crippen molar-refractivity contribution in [2.45, 2.75) is 13.0 Å². The maximum absolute atomic E-state index is 6.14. The monoisotopic (exact) mass is 330 g/mol. The molecule has 0 saturated carbocycles. The van der Waals surface area contributed by atoms with Crippen LogP contribution in [0.25, 0.3) is 0 Å². The lowest BCUT2D eigenvalue weighted by atomic mass is 9.97. The van der Waals surface area contributed by atoms with Crippen LogP contribution in [-0.2, 0) is 0 Å². The van der Waals surface area contributed by atoms with E-state index >= 15 is 0 Å². The highest BCUT2D eigenvalue weighted by Crippen LogP contribution is 2.34. The first-order chi connectivity index (χ1) is 8.15. The zero-order valence-corrected chi connectivity index (χ0v) is 12.4. The SMILES string of the molecule is Cc1c(Cl)cccc1C(NN)c1cscc1Br. The molecule has 5 heteroatoms. The number of nitrogens with one attached hydrogen (secondary N) is 1. The Bertz CT molecular complexity index is 527. The Hall–Kier alpha value is -0.390. The topological polar surface area (TPSA) is 38.0 Å². The van der Waals surface area contributed by atoms with Gasteiger partial charge >= 0.3 is 0 Å². The molecule has 90 valence electrons. The first-order valence-electron chi connectivity index (χ1n) is 5.08. The third-order valence-corrected chi connectivity index (χ3v) is 4.90. The first kappa shape index (κ1) is 13.1. The third-order valence-electron chi connectivity index (χ3n) is 2.74. The molecule has 0 aliphatic heterocycles. The predicted molar refractivity (Wildman–Crippen MR) is 77.4 cm³/mol. The number of rotatable bonds is 3. The molecule has 0 bridgehead atoms. The third kappa shape index (κ3) is 2.56. The molecule has 2 aromatic rings. The Balaban J connectivity index is 2.50. The van der Waals surface area contributed by atoms with Crippen molar-refractivity contribution < 1.29 is 0 Å². The molecule has 0 saturated heterocycles. The van der Waals surface area contributed by atoms with Gasteiger partial charge in [0.05, 0.1) is 6.04 Å². The lowest BCUT2D eigenvalue weighted by molar-refractivity contribution is 0.633. The van der Waals surface area contributed by atoms with Crippen LogP contribution in [-0.4, -0.2) is 0 Å². The summed E-state index contributed by atoms with van der Waals surface area (Å²) < 4.78 is 1.06. The summed E-state index contributed by atoms with van der Waals surface area (Å²) in [5.41, 5.74) is 6.12. The van der Waals surface area contributed by atoms with Crippen LogP contribution < -0.4 is 11.3 Å². The molecule has 2 rings (SSSR count). The fourth-order valence-corrected chi connectivity index (χ4v) is 3.52. The zero-order chi connectivity index (χ0) is 12.4. The molecule has 1 atom stereocenters. The van der Waals surface area contributed by atoms with Crippen LogP contribution >= 0.6 is 38.9 Å². The Morgan fingerprint density at radius 1 is 1.35 bits per heavy atom. The van der Waals surface area contributed by atoms with Crippen molar-refractivity contribution in [1.82, 2.24) is 5.43 Å². The molecule has 0 aliphatic rings. The van der Waals surface area contributed by atoms with Crippen LogP contribution in [0, 0.1) is 6.92 Å². The molecule has 1 unspecified atom stereocenters. The minimum absolute atomic E-state index is 0.0469. The van der Waals surface area contributed by atoms with E-state index in [1.54, 1.807) is 11.3 Å². The van der Waals surface area contributed by atoms with Gasteiger partial charge < -0.3 is 0 Å². The maximum atomic E-state index is 6.14. The van der Waals surface area contributed by atoms with Gasteiger partial charge in [0.2, 0.25) is 0 Å². The van der Waals surface area contributed by atoms with E-state index in [-0.39, 0.29) is 6.04 Å². The van der Waals surface area contributed by atoms with Crippen molar-refractivity contribution in [3.8, 4) is 0 Å². The fraction of sp³-hybridized carbons (Fsp3) is 0.167. The molecule has 17 heavy (non-hydrogen) atoms. The molecule has 1 heterocycles. The fourth-order valence-electron chi connectivity index (χ4n) is 1.78. The summed E-state index contributed by atoms with van der Waals surface area (Å²) in [5.74, 6) is 5.67. The molecule has 0 radical (unpaired) electrons. The molecular formula is C12H12BrClN2S. The second-order valence-electron chi connectivity index (χ2n) is 3.73. The van der Waals surface area contributed by atoms with Gasteiger partial charge in [-0.05, 0) is 51.0 Å². The van der Waals surface area contributed by atoms with Crippen LogP contribution in [0.1, 0.15) is 22.7 Å². The first-order valence-corrected chi connectivity index (χ1v) is 7.19. The van der Waals surface area contributed by atoms with Crippen molar-refractivity contribution in [2.75, 3.05) is 0 Å². The highest BCUT2D eigenvalue weighted by molar-refractivity contribution is 9.10. The zero-order valence-electron chi connectivity index (χ0n) is 9.21. The minimum atomic E-state index is -0.0469. The highest BCUT2D eigenvalue weighted by Gasteiger charge is 2.18. The van der Waals surface area contributed by atoms with Crippen LogP contribution in [0.15, 0.2) is 33.4 Å². The van der Waals surface area contributed by atoms with Crippen LogP contribution in [0.4, 0.5) is 0 Å². The standard InChI is InChI=1S/C12H12BrClN2S/c1-7-8(3-2-4-11(7)14)12(16-15)9-5-17-6-10(9)13/h2-6,12,16H,15H2,1H3. The van der Waals surface area contributed by atoms with Gasteiger partial charge in [-0.15, -0.1) is 0 Å². The molecule has 0 fully saturated rings. The second-order valence-corrected chi connectivity index (χ2v) is 5.73. The molecule has 0 amide bonds. The summed E-state index contributed by atoms with van der Waals surface area (Å²) in [7, 11) is 0. The molecule has 2 nitrogen and oxygen atoms in total. The van der Waals surface area contributed by atoms with Gasteiger partial charge in [-0.25, -0.2) is 5.43 Å². The van der Waals surface area contributed by atoms with Gasteiger partial charge in [-0.3, -0.25) is 5.84 Å². The van der Waals surface area contributed by atoms with Crippen molar-refractivity contribution in [1.29, 1.82) is 0 Å². The van der Waals surface area contributed by atoms with Crippen molar-refractivity contribution in [2.24, 2.45) is 5.84 Å². The Kier molecular flexibility index (Phi) is 4.22. The van der Waals surface area contributed by atoms with E-state index in [4.69, 9.17) is 17.4 Å². The Morgan fingerprint density at radius 2 is 2.12 bits per heavy atom. The van der Waals surface area contributed by atoms with Gasteiger partial charge in [0, 0.05) is 14.9 Å². The number of benzene rings is 1. The summed E-state index contributed by atoms with van der Waals surface area (Å²) in [4.78, 5) is 0. The lowest BCUT2D eigenvalue weighted by Gasteiger charge is -2.19. The van der Waals surface area contributed by atoms with Gasteiger partial charge in [-0.1, -0.05) is 23.7 Å². The van der Waals surface area contributed by atoms with E-state index in [9.17, 15) is 0 Å². The summed E-state index contributed by atoms with van der Waals surface area (Å²) in [6.07, 6.45) is 0. The van der Waals surface area contributed by atoms with Crippen molar-refractivity contribution >= 4 is 38.9 Å². The van der Waals surface area contributed by atoms with Crippen LogP contribution in [0.3, 0.4) is 0 Å². The molecule has 3 N–H and O–H groups in total. The summed E-state index contributed by atoms with van der Waals surface area (Å²) in [6, 6.07) is 5.82. The molecule has 1 aromatic carbocycles. The number of hydrazine groups is 1. The largest absolute Gasteiger partial charge is 0.271 e. The average Bonchev–Trinajstić information content (AvgIpc) is 2.72. The quantitative estimate of drug-likeness (QED) is 0.658. The maximum Gasteiger partial charge on any atom is 0.0732 e. The van der Waals surface area contributed by atoms with Crippen LogP contribution in [0.2, 0.25) is 5.02 Å². The van der Waals surface area contributed by atoms with Crippen LogP contribution in [0.5, 0.6) is 0 Å². The van der Waals surface area contributed by atoms with Gasteiger partial charge in [0.15, 0.2) is 0 Å². The average molecular weight is 332 g/mol. The van der Waals surface area contributed by atoms with Gasteiger partial charge in [0.1, 0.15) is 0 Å². The second kappa shape index (κ2) is 5.50. The number of hydrogen-bond donors (Lipinski definition) is 2. The summed E-state index contributed by atoms with van der Waals surface area (Å²) >= 11 is 11.3.